The Balaban J connectivity index is 1.63. The van der Waals surface area contributed by atoms with Crippen molar-refractivity contribution < 1.29 is 32.2 Å². The molecule has 0 amide bonds. The Morgan fingerprint density at radius 2 is 2.02 bits per heavy atom. The highest BCUT2D eigenvalue weighted by Crippen LogP contribution is 2.33. The van der Waals surface area contributed by atoms with Gasteiger partial charge in [0.05, 0.1) is 47.5 Å². The maximum absolute atomic E-state index is 14.9. The van der Waals surface area contributed by atoms with E-state index in [0.717, 1.165) is 4.57 Å². The van der Waals surface area contributed by atoms with Crippen LogP contribution >= 0.6 is 0 Å². The van der Waals surface area contributed by atoms with E-state index < -0.39 is 24.9 Å². The molecule has 3 aromatic rings. The molecule has 0 aliphatic carbocycles. The predicted molar refractivity (Wildman–Crippen MR) is 147 cm³/mol. The van der Waals surface area contributed by atoms with E-state index in [1.807, 2.05) is 18.7 Å². The van der Waals surface area contributed by atoms with Gasteiger partial charge in [-0.2, -0.15) is 13.2 Å². The maximum atomic E-state index is 14.9. The normalized spacial score (nSPS) is 17.2. The molecule has 0 saturated carbocycles. The van der Waals surface area contributed by atoms with Crippen molar-refractivity contribution in [2.75, 3.05) is 32.1 Å². The van der Waals surface area contributed by atoms with Gasteiger partial charge in [0.1, 0.15) is 12.3 Å². The zero-order valence-corrected chi connectivity index (χ0v) is 22.3. The number of carboxylic acid groups (broad SMARTS) is 1. The van der Waals surface area contributed by atoms with E-state index in [-0.39, 0.29) is 30.4 Å². The molecule has 1 aliphatic rings. The number of nitrogens with one attached hydrogen (secondary N) is 1. The fraction of sp³-hybridized carbons (Fsp3) is 0.379. The second kappa shape index (κ2) is 12.0. The highest BCUT2D eigenvalue weighted by molar-refractivity contribution is 5.98. The van der Waals surface area contributed by atoms with E-state index >= 15 is 0 Å². The molecule has 7 nitrogen and oxygen atoms in total. The van der Waals surface area contributed by atoms with Crippen molar-refractivity contribution >= 4 is 34.0 Å². The smallest absolute Gasteiger partial charge is 0.406 e. The van der Waals surface area contributed by atoms with E-state index in [1.165, 1.54) is 25.3 Å². The Hall–Kier alpha value is -4.04. The van der Waals surface area contributed by atoms with Crippen LogP contribution < -0.4 is 10.1 Å². The molecule has 11 heteroatoms. The van der Waals surface area contributed by atoms with Gasteiger partial charge < -0.3 is 19.7 Å². The molecule has 0 radical (unpaired) electrons. The number of aromatic carboxylic acids is 1. The number of alkyl halides is 4. The third kappa shape index (κ3) is 6.74. The molecular formula is C29H30F4N4O3. The molecule has 1 aromatic heterocycles. The van der Waals surface area contributed by atoms with Crippen LogP contribution in [0.1, 0.15) is 36.3 Å². The highest BCUT2D eigenvalue weighted by Gasteiger charge is 2.30. The fourth-order valence-corrected chi connectivity index (χ4v) is 4.63. The molecule has 1 saturated heterocycles. The van der Waals surface area contributed by atoms with Gasteiger partial charge in [0.25, 0.3) is 0 Å². The number of benzene rings is 2. The van der Waals surface area contributed by atoms with Crippen LogP contribution in [-0.4, -0.2) is 71.4 Å². The van der Waals surface area contributed by atoms with Gasteiger partial charge in [-0.15, -0.1) is 0 Å². The highest BCUT2D eigenvalue weighted by atomic mass is 19.4. The van der Waals surface area contributed by atoms with E-state index in [2.05, 4.69) is 22.2 Å². The molecule has 0 spiro atoms. The number of aliphatic imine (C=N–C) groups is 1. The number of anilines is 1. The molecule has 1 aliphatic heterocycles. The van der Waals surface area contributed by atoms with Crippen LogP contribution in [0.5, 0.6) is 5.75 Å². The number of fused-ring (bicyclic) bond motifs is 1. The molecule has 0 bridgehead atoms. The quantitative estimate of drug-likeness (QED) is 0.279. The average molecular weight is 559 g/mol. The first-order valence-corrected chi connectivity index (χ1v) is 12.8. The lowest BCUT2D eigenvalue weighted by Gasteiger charge is -2.33. The summed E-state index contributed by atoms with van der Waals surface area (Å²) in [6, 6.07) is 10.9. The van der Waals surface area contributed by atoms with Crippen molar-refractivity contribution in [1.82, 2.24) is 9.47 Å². The number of aromatic nitrogens is 1. The average Bonchev–Trinajstić information content (AvgIpc) is 3.24. The minimum absolute atomic E-state index is 0.0501. The molecule has 2 heterocycles. The molecule has 0 unspecified atom stereocenters. The summed E-state index contributed by atoms with van der Waals surface area (Å²) in [5.41, 5.74) is 1.76. The van der Waals surface area contributed by atoms with Crippen molar-refractivity contribution in [2.24, 2.45) is 4.99 Å². The molecule has 212 valence electrons. The van der Waals surface area contributed by atoms with Crippen LogP contribution in [0.3, 0.4) is 0 Å². The summed E-state index contributed by atoms with van der Waals surface area (Å²) >= 11 is 0. The number of methoxy groups -OCH3 is 1. The SMILES string of the molecule is COc1cc(C(=O)O)ccc1NCC#Cc1cc2c(N=C3CCN(C(C)C)C[C@H]3F)cccc2n1CC(F)(F)F. The lowest BCUT2D eigenvalue weighted by Crippen LogP contribution is -2.45. The molecule has 2 N–H and O–H groups in total. The summed E-state index contributed by atoms with van der Waals surface area (Å²) in [5.74, 6) is 4.83. The van der Waals surface area contributed by atoms with Gasteiger partial charge in [-0.25, -0.2) is 9.18 Å². The van der Waals surface area contributed by atoms with Crippen LogP contribution in [0.15, 0.2) is 47.5 Å². The Morgan fingerprint density at radius 1 is 1.25 bits per heavy atom. The molecule has 2 aromatic carbocycles. The van der Waals surface area contributed by atoms with Crippen LogP contribution in [0.4, 0.5) is 28.9 Å². The lowest BCUT2D eigenvalue weighted by molar-refractivity contribution is -0.140. The molecule has 1 atom stereocenters. The van der Waals surface area contributed by atoms with Gasteiger partial charge in [0, 0.05) is 30.9 Å². The zero-order valence-electron chi connectivity index (χ0n) is 22.3. The fourth-order valence-electron chi connectivity index (χ4n) is 4.63. The Morgan fingerprint density at radius 3 is 2.67 bits per heavy atom. The summed E-state index contributed by atoms with van der Waals surface area (Å²) < 4.78 is 61.8. The number of hydrogen-bond acceptors (Lipinski definition) is 5. The molecule has 1 fully saturated rings. The predicted octanol–water partition coefficient (Wildman–Crippen LogP) is 5.90. The number of piperidine rings is 1. The summed E-state index contributed by atoms with van der Waals surface area (Å²) in [7, 11) is 1.40. The van der Waals surface area contributed by atoms with Crippen molar-refractivity contribution in [1.29, 1.82) is 0 Å². The summed E-state index contributed by atoms with van der Waals surface area (Å²) in [5, 5.41) is 12.6. The van der Waals surface area contributed by atoms with E-state index in [4.69, 9.17) is 9.84 Å². The third-order valence-electron chi connectivity index (χ3n) is 6.70. The van der Waals surface area contributed by atoms with Gasteiger partial charge in [0.2, 0.25) is 0 Å². The summed E-state index contributed by atoms with van der Waals surface area (Å²) in [6.07, 6.45) is -5.31. The number of likely N-dealkylation sites (tertiary alicyclic amines) is 1. The number of rotatable bonds is 7. The second-order valence-corrected chi connectivity index (χ2v) is 9.73. The summed E-state index contributed by atoms with van der Waals surface area (Å²) in [4.78, 5) is 17.8. The maximum Gasteiger partial charge on any atom is 0.406 e. The van der Waals surface area contributed by atoms with Crippen LogP contribution in [0.25, 0.3) is 10.9 Å². The van der Waals surface area contributed by atoms with Gasteiger partial charge in [0.15, 0.2) is 6.17 Å². The van der Waals surface area contributed by atoms with Crippen LogP contribution in [0, 0.1) is 11.8 Å². The molecular weight excluding hydrogens is 528 g/mol. The number of carboxylic acids is 1. The number of hydrogen-bond donors (Lipinski definition) is 2. The van der Waals surface area contributed by atoms with Crippen molar-refractivity contribution in [3.05, 3.63) is 53.7 Å². The first kappa shape index (κ1) is 29.0. The minimum Gasteiger partial charge on any atom is -0.495 e. The number of nitrogens with zero attached hydrogens (tertiary/aromatic N) is 3. The van der Waals surface area contributed by atoms with Crippen LogP contribution in [-0.2, 0) is 6.54 Å². The van der Waals surface area contributed by atoms with Gasteiger partial charge in [-0.1, -0.05) is 12.0 Å². The van der Waals surface area contributed by atoms with Crippen molar-refractivity contribution in [3.63, 3.8) is 0 Å². The molecule has 4 rings (SSSR count). The zero-order chi connectivity index (χ0) is 29.0. The third-order valence-corrected chi connectivity index (χ3v) is 6.70. The largest absolute Gasteiger partial charge is 0.495 e. The van der Waals surface area contributed by atoms with E-state index in [0.29, 0.717) is 46.7 Å². The second-order valence-electron chi connectivity index (χ2n) is 9.73. The topological polar surface area (TPSA) is 79.1 Å². The Labute approximate surface area is 229 Å². The minimum atomic E-state index is -4.49. The number of halogens is 4. The van der Waals surface area contributed by atoms with Gasteiger partial charge in [-0.05, 0) is 56.2 Å². The van der Waals surface area contributed by atoms with E-state index in [1.54, 1.807) is 24.3 Å². The van der Waals surface area contributed by atoms with Crippen LogP contribution in [0.2, 0.25) is 0 Å². The monoisotopic (exact) mass is 558 g/mol. The standard InChI is InChI=1S/C29H30F4N4O3/c1-18(2)36-13-11-24(22(30)16-36)35-23-7-4-8-26-21(23)15-20(37(26)17-29(31,32)33)6-5-12-34-25-10-9-19(28(38)39)14-27(25)40-3/h4,7-10,14-15,18,22,34H,11-13,16-17H2,1-3H3,(H,38,39)/t22-/m1/s1. The lowest BCUT2D eigenvalue weighted by atomic mass is 10.0. The first-order chi connectivity index (χ1) is 19.0. The Kier molecular flexibility index (Phi) is 8.69. The Bertz CT molecular complexity index is 1480. The molecule has 40 heavy (non-hydrogen) atoms. The number of carbonyl (C=O) groups is 1. The number of ether oxygens (including phenoxy) is 1. The van der Waals surface area contributed by atoms with Crippen molar-refractivity contribution in [2.45, 2.75) is 45.2 Å². The van der Waals surface area contributed by atoms with Gasteiger partial charge in [-0.3, -0.25) is 9.89 Å². The first-order valence-electron chi connectivity index (χ1n) is 12.8. The summed E-state index contributed by atoms with van der Waals surface area (Å²) in [6.45, 7) is 3.71. The van der Waals surface area contributed by atoms with Crippen molar-refractivity contribution in [3.8, 4) is 17.6 Å². The van der Waals surface area contributed by atoms with E-state index in [9.17, 15) is 22.4 Å². The van der Waals surface area contributed by atoms with Gasteiger partial charge >= 0.3 is 12.1 Å².